The first-order chi connectivity index (χ1) is 5.83. The number of hydroxylamine groups is 1. The zero-order valence-electron chi connectivity index (χ0n) is 7.08. The van der Waals surface area contributed by atoms with E-state index in [0.717, 1.165) is 5.56 Å². The molecule has 0 unspecified atom stereocenters. The monoisotopic (exact) mass is 167 g/mol. The Bertz CT molecular complexity index is 238. The number of benzene rings is 1. The molecule has 1 aromatic rings. The Morgan fingerprint density at radius 3 is 3.00 bits per heavy atom. The normalized spacial score (nSPS) is 10.1. The second-order valence-corrected chi connectivity index (χ2v) is 2.42. The molecule has 0 bridgehead atoms. The van der Waals surface area contributed by atoms with E-state index in [-0.39, 0.29) is 5.75 Å². The number of hydrogen-bond acceptors (Lipinski definition) is 3. The summed E-state index contributed by atoms with van der Waals surface area (Å²) in [5.41, 5.74) is 3.77. The first-order valence-corrected chi connectivity index (χ1v) is 3.95. The van der Waals surface area contributed by atoms with Crippen LogP contribution in [-0.2, 0) is 11.4 Å². The topological polar surface area (TPSA) is 41.5 Å². The van der Waals surface area contributed by atoms with Crippen molar-refractivity contribution in [1.29, 1.82) is 0 Å². The fourth-order valence-corrected chi connectivity index (χ4v) is 0.903. The van der Waals surface area contributed by atoms with Crippen molar-refractivity contribution in [3.63, 3.8) is 0 Å². The Morgan fingerprint density at radius 1 is 1.50 bits per heavy atom. The van der Waals surface area contributed by atoms with Crippen molar-refractivity contribution in [3.8, 4) is 5.75 Å². The van der Waals surface area contributed by atoms with Crippen molar-refractivity contribution in [1.82, 2.24) is 5.48 Å². The molecule has 0 saturated heterocycles. The molecule has 0 radical (unpaired) electrons. The lowest BCUT2D eigenvalue weighted by molar-refractivity contribution is 0.0463. The van der Waals surface area contributed by atoms with Crippen LogP contribution >= 0.6 is 0 Å². The predicted molar refractivity (Wildman–Crippen MR) is 46.6 cm³/mol. The maximum atomic E-state index is 9.10. The van der Waals surface area contributed by atoms with Gasteiger partial charge in [-0.05, 0) is 24.6 Å². The highest BCUT2D eigenvalue weighted by Crippen LogP contribution is 2.10. The summed E-state index contributed by atoms with van der Waals surface area (Å²) in [4.78, 5) is 4.95. The van der Waals surface area contributed by atoms with Gasteiger partial charge in [0.05, 0.1) is 6.61 Å². The van der Waals surface area contributed by atoms with Crippen molar-refractivity contribution in [2.45, 2.75) is 13.5 Å². The molecule has 0 aliphatic heterocycles. The van der Waals surface area contributed by atoms with Crippen molar-refractivity contribution < 1.29 is 9.94 Å². The van der Waals surface area contributed by atoms with Crippen molar-refractivity contribution in [2.24, 2.45) is 0 Å². The van der Waals surface area contributed by atoms with Gasteiger partial charge >= 0.3 is 0 Å². The molecule has 0 aromatic heterocycles. The van der Waals surface area contributed by atoms with Crippen LogP contribution < -0.4 is 5.48 Å². The maximum Gasteiger partial charge on any atom is 0.115 e. The van der Waals surface area contributed by atoms with Gasteiger partial charge in [0.1, 0.15) is 5.75 Å². The van der Waals surface area contributed by atoms with Gasteiger partial charge in [0.25, 0.3) is 0 Å². The fourth-order valence-electron chi connectivity index (χ4n) is 0.903. The summed E-state index contributed by atoms with van der Waals surface area (Å²) < 4.78 is 0. The molecule has 1 rings (SSSR count). The van der Waals surface area contributed by atoms with E-state index in [1.54, 1.807) is 18.2 Å². The van der Waals surface area contributed by atoms with Gasteiger partial charge in [-0.2, -0.15) is 5.48 Å². The summed E-state index contributed by atoms with van der Waals surface area (Å²) in [5, 5.41) is 9.10. The van der Waals surface area contributed by atoms with E-state index >= 15 is 0 Å². The molecular weight excluding hydrogens is 154 g/mol. The van der Waals surface area contributed by atoms with Gasteiger partial charge in [0, 0.05) is 6.54 Å². The number of rotatable bonds is 4. The molecular formula is C9H13NO2. The molecule has 3 heteroatoms. The summed E-state index contributed by atoms with van der Waals surface area (Å²) >= 11 is 0. The third-order valence-electron chi connectivity index (χ3n) is 1.43. The van der Waals surface area contributed by atoms with E-state index in [0.29, 0.717) is 13.2 Å². The summed E-state index contributed by atoms with van der Waals surface area (Å²) in [5.74, 6) is 0.283. The molecule has 0 atom stereocenters. The number of aromatic hydroxyl groups is 1. The van der Waals surface area contributed by atoms with Crippen molar-refractivity contribution >= 4 is 0 Å². The van der Waals surface area contributed by atoms with E-state index in [4.69, 9.17) is 9.94 Å². The quantitative estimate of drug-likeness (QED) is 0.526. The second kappa shape index (κ2) is 4.74. The average Bonchev–Trinajstić information content (AvgIpc) is 2.05. The molecule has 0 fully saturated rings. The van der Waals surface area contributed by atoms with Crippen LogP contribution in [0.3, 0.4) is 0 Å². The summed E-state index contributed by atoms with van der Waals surface area (Å²) in [6.45, 7) is 3.16. The van der Waals surface area contributed by atoms with Crippen LogP contribution in [0.15, 0.2) is 24.3 Å². The van der Waals surface area contributed by atoms with Gasteiger partial charge < -0.3 is 9.94 Å². The number of phenols is 1. The lowest BCUT2D eigenvalue weighted by Gasteiger charge is -2.03. The summed E-state index contributed by atoms with van der Waals surface area (Å²) in [6, 6.07) is 7.07. The minimum absolute atomic E-state index is 0.283. The van der Waals surface area contributed by atoms with Crippen LogP contribution in [0.2, 0.25) is 0 Å². The molecule has 0 aliphatic carbocycles. The summed E-state index contributed by atoms with van der Waals surface area (Å²) in [7, 11) is 0. The SMILES string of the molecule is CCONCc1cccc(O)c1. The van der Waals surface area contributed by atoms with Crippen molar-refractivity contribution in [2.75, 3.05) is 6.61 Å². The zero-order valence-corrected chi connectivity index (χ0v) is 7.08. The van der Waals surface area contributed by atoms with Gasteiger partial charge in [-0.3, -0.25) is 0 Å². The van der Waals surface area contributed by atoms with Gasteiger partial charge in [-0.25, -0.2) is 0 Å². The molecule has 12 heavy (non-hydrogen) atoms. The van der Waals surface area contributed by atoms with Crippen LogP contribution in [0, 0.1) is 0 Å². The third kappa shape index (κ3) is 2.90. The highest BCUT2D eigenvalue weighted by atomic mass is 16.6. The number of phenolic OH excluding ortho intramolecular Hbond substituents is 1. The molecule has 2 N–H and O–H groups in total. The van der Waals surface area contributed by atoms with E-state index in [1.165, 1.54) is 0 Å². The maximum absolute atomic E-state index is 9.10. The Balaban J connectivity index is 2.41. The largest absolute Gasteiger partial charge is 0.508 e. The van der Waals surface area contributed by atoms with Crippen LogP contribution in [0.25, 0.3) is 0 Å². The standard InChI is InChI=1S/C9H13NO2/c1-2-12-10-7-8-4-3-5-9(11)6-8/h3-6,10-11H,2,7H2,1H3. The third-order valence-corrected chi connectivity index (χ3v) is 1.43. The first kappa shape index (κ1) is 9.03. The second-order valence-electron chi connectivity index (χ2n) is 2.42. The molecule has 0 spiro atoms. The molecule has 3 nitrogen and oxygen atoms in total. The first-order valence-electron chi connectivity index (χ1n) is 3.95. The molecule has 0 saturated carbocycles. The van der Waals surface area contributed by atoms with Crippen molar-refractivity contribution in [3.05, 3.63) is 29.8 Å². The molecule has 66 valence electrons. The zero-order chi connectivity index (χ0) is 8.81. The number of nitrogens with one attached hydrogen (secondary N) is 1. The predicted octanol–water partition coefficient (Wildman–Crippen LogP) is 1.43. The lowest BCUT2D eigenvalue weighted by Crippen LogP contribution is -2.13. The molecule has 0 heterocycles. The highest BCUT2D eigenvalue weighted by molar-refractivity contribution is 5.26. The highest BCUT2D eigenvalue weighted by Gasteiger charge is 1.92. The van der Waals surface area contributed by atoms with Crippen LogP contribution in [0.4, 0.5) is 0 Å². The van der Waals surface area contributed by atoms with E-state index in [2.05, 4.69) is 5.48 Å². The Kier molecular flexibility index (Phi) is 3.57. The Hall–Kier alpha value is -1.06. The van der Waals surface area contributed by atoms with Crippen LogP contribution in [0.1, 0.15) is 12.5 Å². The van der Waals surface area contributed by atoms with E-state index in [9.17, 15) is 0 Å². The fraction of sp³-hybridized carbons (Fsp3) is 0.333. The minimum Gasteiger partial charge on any atom is -0.508 e. The smallest absolute Gasteiger partial charge is 0.115 e. The summed E-state index contributed by atoms with van der Waals surface area (Å²) in [6.07, 6.45) is 0. The van der Waals surface area contributed by atoms with Crippen LogP contribution in [-0.4, -0.2) is 11.7 Å². The molecule has 1 aromatic carbocycles. The molecule has 0 amide bonds. The minimum atomic E-state index is 0.283. The molecule has 0 aliphatic rings. The van der Waals surface area contributed by atoms with Gasteiger partial charge in [0.2, 0.25) is 0 Å². The Labute approximate surface area is 71.9 Å². The van der Waals surface area contributed by atoms with Gasteiger partial charge in [0.15, 0.2) is 0 Å². The average molecular weight is 167 g/mol. The van der Waals surface area contributed by atoms with E-state index in [1.807, 2.05) is 13.0 Å². The number of hydrogen-bond donors (Lipinski definition) is 2. The van der Waals surface area contributed by atoms with Gasteiger partial charge in [-0.1, -0.05) is 12.1 Å². The van der Waals surface area contributed by atoms with Gasteiger partial charge in [-0.15, -0.1) is 0 Å². The van der Waals surface area contributed by atoms with E-state index < -0.39 is 0 Å². The lowest BCUT2D eigenvalue weighted by atomic mass is 10.2. The van der Waals surface area contributed by atoms with Crippen LogP contribution in [0.5, 0.6) is 5.75 Å². The Morgan fingerprint density at radius 2 is 2.33 bits per heavy atom.